The van der Waals surface area contributed by atoms with Crippen LogP contribution in [-0.2, 0) is 10.5 Å². The second-order valence-corrected chi connectivity index (χ2v) is 6.22. The molecular weight excluding hydrogens is 312 g/mol. The molecule has 1 aliphatic rings. The molecule has 0 saturated carbocycles. The minimum absolute atomic E-state index is 0.371. The van der Waals surface area contributed by atoms with Gasteiger partial charge in [-0.3, -0.25) is 0 Å². The predicted octanol–water partition coefficient (Wildman–Crippen LogP) is 4.75. The first-order valence-corrected chi connectivity index (χ1v) is 8.25. The average Bonchev–Trinajstić information content (AvgIpc) is 2.93. The third-order valence-electron chi connectivity index (χ3n) is 4.70. The summed E-state index contributed by atoms with van der Waals surface area (Å²) in [4.78, 5) is 12.5. The molecule has 0 radical (unpaired) electrons. The first-order chi connectivity index (χ1) is 12.1. The van der Waals surface area contributed by atoms with Gasteiger partial charge in [0.15, 0.2) is 0 Å². The molecule has 0 spiro atoms. The van der Waals surface area contributed by atoms with E-state index in [-0.39, 0.29) is 5.97 Å². The van der Waals surface area contributed by atoms with Crippen LogP contribution in [0.15, 0.2) is 72.8 Å². The van der Waals surface area contributed by atoms with Crippen LogP contribution in [0.5, 0.6) is 5.75 Å². The van der Waals surface area contributed by atoms with Gasteiger partial charge in [-0.15, -0.1) is 0 Å². The number of carbonyl (C=O) groups is 1. The number of benzene rings is 3. The van der Waals surface area contributed by atoms with Crippen molar-refractivity contribution in [2.24, 2.45) is 0 Å². The minimum Gasteiger partial charge on any atom is -0.444 e. The van der Waals surface area contributed by atoms with Gasteiger partial charge in [-0.05, 0) is 43.2 Å². The Morgan fingerprint density at radius 2 is 1.56 bits per heavy atom. The number of aryl methyl sites for hydroxylation is 1. The lowest BCUT2D eigenvalue weighted by molar-refractivity contribution is -0.109. The number of rotatable bonds is 3. The van der Waals surface area contributed by atoms with Crippen LogP contribution in [0.3, 0.4) is 0 Å². The summed E-state index contributed by atoms with van der Waals surface area (Å²) in [5, 5.41) is 0. The smallest absolute Gasteiger partial charge is 0.342 e. The average molecular weight is 330 g/mol. The topological polar surface area (TPSA) is 35.5 Å². The van der Waals surface area contributed by atoms with Crippen molar-refractivity contribution >= 4 is 5.97 Å². The summed E-state index contributed by atoms with van der Waals surface area (Å²) < 4.78 is 12.3. The van der Waals surface area contributed by atoms with Crippen molar-refractivity contribution in [1.29, 1.82) is 0 Å². The Kier molecular flexibility index (Phi) is 3.57. The molecule has 1 aliphatic heterocycles. The van der Waals surface area contributed by atoms with Gasteiger partial charge in [0.1, 0.15) is 5.75 Å². The largest absolute Gasteiger partial charge is 0.444 e. The lowest BCUT2D eigenvalue weighted by Crippen LogP contribution is -2.35. The standard InChI is InChI=1S/C22H18O3/c1-15-9-8-14-20(16(15)2)24-22(17-10-4-3-5-11-17)19-13-7-6-12-18(19)21(23)25-22/h3-14H,1-2H3/t22-/m0/s1. The first kappa shape index (κ1) is 15.5. The highest BCUT2D eigenvalue weighted by Gasteiger charge is 2.49. The maximum absolute atomic E-state index is 12.5. The molecule has 0 aromatic heterocycles. The summed E-state index contributed by atoms with van der Waals surface area (Å²) in [5.41, 5.74) is 4.20. The van der Waals surface area contributed by atoms with Crippen molar-refractivity contribution in [2.45, 2.75) is 19.6 Å². The first-order valence-electron chi connectivity index (χ1n) is 8.25. The Morgan fingerprint density at radius 3 is 2.36 bits per heavy atom. The normalized spacial score (nSPS) is 18.6. The molecule has 25 heavy (non-hydrogen) atoms. The Bertz CT molecular complexity index is 946. The maximum atomic E-state index is 12.5. The molecular formula is C22H18O3. The molecule has 3 aromatic rings. The quantitative estimate of drug-likeness (QED) is 0.650. The van der Waals surface area contributed by atoms with Crippen LogP contribution < -0.4 is 4.74 Å². The Hall–Kier alpha value is -3.07. The molecule has 3 nitrogen and oxygen atoms in total. The van der Waals surface area contributed by atoms with Crippen molar-refractivity contribution in [3.63, 3.8) is 0 Å². The maximum Gasteiger partial charge on any atom is 0.342 e. The highest BCUT2D eigenvalue weighted by molar-refractivity contribution is 5.95. The number of hydrogen-bond acceptors (Lipinski definition) is 3. The molecule has 0 aliphatic carbocycles. The fourth-order valence-corrected chi connectivity index (χ4v) is 3.18. The van der Waals surface area contributed by atoms with E-state index in [1.807, 2.05) is 80.6 Å². The summed E-state index contributed by atoms with van der Waals surface area (Å²) in [6, 6.07) is 22.9. The van der Waals surface area contributed by atoms with Gasteiger partial charge in [-0.25, -0.2) is 4.79 Å². The van der Waals surface area contributed by atoms with Crippen molar-refractivity contribution in [2.75, 3.05) is 0 Å². The van der Waals surface area contributed by atoms with E-state index in [4.69, 9.17) is 9.47 Å². The molecule has 124 valence electrons. The summed E-state index contributed by atoms with van der Waals surface area (Å²) in [5.74, 6) is -0.939. The fraction of sp³-hybridized carbons (Fsp3) is 0.136. The zero-order valence-corrected chi connectivity index (χ0v) is 14.2. The molecule has 0 unspecified atom stereocenters. The van der Waals surface area contributed by atoms with E-state index >= 15 is 0 Å². The lowest BCUT2D eigenvalue weighted by Gasteiger charge is -2.31. The fourth-order valence-electron chi connectivity index (χ4n) is 3.18. The van der Waals surface area contributed by atoms with Crippen LogP contribution in [0.1, 0.15) is 32.6 Å². The second-order valence-electron chi connectivity index (χ2n) is 6.22. The molecule has 0 saturated heterocycles. The highest BCUT2D eigenvalue weighted by Crippen LogP contribution is 2.44. The molecule has 0 fully saturated rings. The van der Waals surface area contributed by atoms with Crippen molar-refractivity contribution in [3.05, 3.63) is 101 Å². The number of esters is 1. The van der Waals surface area contributed by atoms with E-state index in [0.29, 0.717) is 11.3 Å². The SMILES string of the molecule is Cc1cccc(O[C@@]2(c3ccccc3)OC(=O)c3ccccc32)c1C. The van der Waals surface area contributed by atoms with E-state index in [1.54, 1.807) is 6.07 Å². The van der Waals surface area contributed by atoms with Crippen LogP contribution in [0.4, 0.5) is 0 Å². The number of cyclic esters (lactones) is 1. The molecule has 0 amide bonds. The monoisotopic (exact) mass is 330 g/mol. The van der Waals surface area contributed by atoms with Gasteiger partial charge in [-0.1, -0.05) is 54.6 Å². The van der Waals surface area contributed by atoms with Crippen LogP contribution >= 0.6 is 0 Å². The molecule has 3 aromatic carbocycles. The minimum atomic E-state index is -1.27. The number of hydrogen-bond donors (Lipinski definition) is 0. The molecule has 0 N–H and O–H groups in total. The molecule has 1 heterocycles. The third kappa shape index (κ3) is 2.40. The Balaban J connectivity index is 1.93. The second kappa shape index (κ2) is 5.78. The summed E-state index contributed by atoms with van der Waals surface area (Å²) in [6.07, 6.45) is 0. The number of ether oxygens (including phenoxy) is 2. The summed E-state index contributed by atoms with van der Waals surface area (Å²) >= 11 is 0. The van der Waals surface area contributed by atoms with E-state index in [2.05, 4.69) is 0 Å². The van der Waals surface area contributed by atoms with Gasteiger partial charge >= 0.3 is 11.8 Å². The van der Waals surface area contributed by atoms with E-state index in [9.17, 15) is 4.79 Å². The summed E-state index contributed by atoms with van der Waals surface area (Å²) in [7, 11) is 0. The van der Waals surface area contributed by atoms with E-state index in [1.165, 1.54) is 0 Å². The molecule has 3 heteroatoms. The van der Waals surface area contributed by atoms with Gasteiger partial charge in [0.2, 0.25) is 0 Å². The predicted molar refractivity (Wildman–Crippen MR) is 95.6 cm³/mol. The number of carbonyl (C=O) groups excluding carboxylic acids is 1. The van der Waals surface area contributed by atoms with Gasteiger partial charge in [0, 0.05) is 5.56 Å². The van der Waals surface area contributed by atoms with E-state index in [0.717, 1.165) is 22.3 Å². The van der Waals surface area contributed by atoms with Gasteiger partial charge in [0.25, 0.3) is 0 Å². The van der Waals surface area contributed by atoms with Crippen molar-refractivity contribution in [1.82, 2.24) is 0 Å². The van der Waals surface area contributed by atoms with Crippen LogP contribution in [0.25, 0.3) is 0 Å². The molecule has 1 atom stereocenters. The van der Waals surface area contributed by atoms with Crippen molar-refractivity contribution < 1.29 is 14.3 Å². The van der Waals surface area contributed by atoms with Gasteiger partial charge < -0.3 is 9.47 Å². The number of fused-ring (bicyclic) bond motifs is 1. The molecule has 4 rings (SSSR count). The Labute approximate surface area is 146 Å². The highest BCUT2D eigenvalue weighted by atomic mass is 16.7. The third-order valence-corrected chi connectivity index (χ3v) is 4.70. The van der Waals surface area contributed by atoms with Crippen LogP contribution in [0, 0.1) is 13.8 Å². The van der Waals surface area contributed by atoms with Crippen LogP contribution in [-0.4, -0.2) is 5.97 Å². The lowest BCUT2D eigenvalue weighted by atomic mass is 9.95. The summed E-state index contributed by atoms with van der Waals surface area (Å²) in [6.45, 7) is 4.04. The zero-order chi connectivity index (χ0) is 17.4. The molecule has 0 bridgehead atoms. The van der Waals surface area contributed by atoms with Crippen molar-refractivity contribution in [3.8, 4) is 5.75 Å². The van der Waals surface area contributed by atoms with Gasteiger partial charge in [-0.2, -0.15) is 0 Å². The Morgan fingerprint density at radius 1 is 0.840 bits per heavy atom. The zero-order valence-electron chi connectivity index (χ0n) is 14.2. The van der Waals surface area contributed by atoms with Gasteiger partial charge in [0.05, 0.1) is 11.1 Å². The van der Waals surface area contributed by atoms with E-state index < -0.39 is 5.79 Å². The van der Waals surface area contributed by atoms with Crippen LogP contribution in [0.2, 0.25) is 0 Å².